The summed E-state index contributed by atoms with van der Waals surface area (Å²) in [6, 6.07) is 8.07. The molecule has 0 atom stereocenters. The van der Waals surface area contributed by atoms with Gasteiger partial charge in [-0.3, -0.25) is 9.59 Å². The average Bonchev–Trinajstić information content (AvgIpc) is 3.40. The van der Waals surface area contributed by atoms with Crippen LogP contribution in [-0.2, 0) is 18.9 Å². The molecule has 0 aliphatic rings. The van der Waals surface area contributed by atoms with Gasteiger partial charge in [-0.25, -0.2) is 9.78 Å². The van der Waals surface area contributed by atoms with Crippen LogP contribution in [0.25, 0.3) is 11.2 Å². The van der Waals surface area contributed by atoms with E-state index in [-0.39, 0.29) is 11.6 Å². The molecule has 158 valence electrons. The molecule has 12 nitrogen and oxygen atoms in total. The molecule has 31 heavy (non-hydrogen) atoms. The van der Waals surface area contributed by atoms with Crippen LogP contribution < -0.4 is 15.5 Å². The van der Waals surface area contributed by atoms with Crippen LogP contribution in [0.3, 0.4) is 0 Å². The normalized spacial score (nSPS) is 10.8. The molecule has 0 radical (unpaired) electrons. The summed E-state index contributed by atoms with van der Waals surface area (Å²) in [5.41, 5.74) is 1.69. The van der Waals surface area contributed by atoms with E-state index in [1.54, 1.807) is 49.1 Å². The molecule has 4 aromatic rings. The highest BCUT2D eigenvalue weighted by atomic mass is 16.7. The molecule has 0 saturated heterocycles. The van der Waals surface area contributed by atoms with Gasteiger partial charge < -0.3 is 24.6 Å². The zero-order valence-corrected chi connectivity index (χ0v) is 16.9. The lowest BCUT2D eigenvalue weighted by Crippen LogP contribution is -2.23. The van der Waals surface area contributed by atoms with Crippen molar-refractivity contribution in [2.75, 3.05) is 10.6 Å². The lowest BCUT2D eigenvalue weighted by atomic mass is 10.3. The SMILES string of the molecule is CC(=O)Nc1ccc(C(=O)Nc2cc(C(=O)On3nnc4cccnc43)n(C)c2)n1C. The lowest BCUT2D eigenvalue weighted by molar-refractivity contribution is -0.114. The van der Waals surface area contributed by atoms with Gasteiger partial charge >= 0.3 is 5.97 Å². The summed E-state index contributed by atoms with van der Waals surface area (Å²) < 4.78 is 3.07. The summed E-state index contributed by atoms with van der Waals surface area (Å²) in [7, 11) is 3.30. The van der Waals surface area contributed by atoms with E-state index in [9.17, 15) is 14.4 Å². The molecule has 0 unspecified atom stereocenters. The van der Waals surface area contributed by atoms with Gasteiger partial charge in [-0.2, -0.15) is 0 Å². The highest BCUT2D eigenvalue weighted by Gasteiger charge is 2.19. The van der Waals surface area contributed by atoms with E-state index in [1.807, 2.05) is 0 Å². The summed E-state index contributed by atoms with van der Waals surface area (Å²) in [4.78, 5) is 46.7. The number of aromatic nitrogens is 6. The molecule has 12 heteroatoms. The van der Waals surface area contributed by atoms with Crippen LogP contribution in [-0.4, -0.2) is 47.1 Å². The molecule has 0 aliphatic heterocycles. The van der Waals surface area contributed by atoms with Gasteiger partial charge in [-0.1, -0.05) is 0 Å². The van der Waals surface area contributed by atoms with Crippen molar-refractivity contribution in [2.45, 2.75) is 6.92 Å². The number of hydrogen-bond donors (Lipinski definition) is 2. The first-order chi connectivity index (χ1) is 14.8. The van der Waals surface area contributed by atoms with Gasteiger partial charge in [-0.15, -0.1) is 5.10 Å². The third-order valence-electron chi connectivity index (χ3n) is 4.48. The number of nitrogens with one attached hydrogen (secondary N) is 2. The standard InChI is InChI=1S/C19H18N8O4/c1-11(28)21-16-7-6-14(26(16)3)18(29)22-12-9-15(25(2)10-12)19(30)31-27-17-13(23-24-27)5-4-8-20-17/h4-10H,1-3H3,(H,21,28)(H,22,29). The number of pyridine rings is 1. The molecule has 0 aromatic carbocycles. The van der Waals surface area contributed by atoms with E-state index in [1.165, 1.54) is 23.8 Å². The zero-order valence-electron chi connectivity index (χ0n) is 16.9. The fraction of sp³-hybridized carbons (Fsp3) is 0.158. The number of carbonyl (C=O) groups is 3. The largest absolute Gasteiger partial charge is 0.382 e. The smallest absolute Gasteiger partial charge is 0.343 e. The molecule has 2 N–H and O–H groups in total. The Morgan fingerprint density at radius 2 is 1.87 bits per heavy atom. The predicted octanol–water partition coefficient (Wildman–Crippen LogP) is 0.983. The third-order valence-corrected chi connectivity index (χ3v) is 4.48. The predicted molar refractivity (Wildman–Crippen MR) is 109 cm³/mol. The van der Waals surface area contributed by atoms with Gasteiger partial charge in [-0.05, 0) is 40.4 Å². The van der Waals surface area contributed by atoms with Crippen molar-refractivity contribution in [1.29, 1.82) is 0 Å². The van der Waals surface area contributed by atoms with Crippen LogP contribution in [0.5, 0.6) is 0 Å². The van der Waals surface area contributed by atoms with Crippen LogP contribution in [0.4, 0.5) is 11.5 Å². The molecule has 2 amide bonds. The van der Waals surface area contributed by atoms with Crippen molar-refractivity contribution in [3.05, 3.63) is 54.1 Å². The lowest BCUT2D eigenvalue weighted by Gasteiger charge is -2.07. The number of anilines is 2. The van der Waals surface area contributed by atoms with E-state index in [4.69, 9.17) is 4.84 Å². The third kappa shape index (κ3) is 3.85. The molecular weight excluding hydrogens is 404 g/mol. The fourth-order valence-corrected chi connectivity index (χ4v) is 3.01. The second kappa shape index (κ2) is 7.74. The van der Waals surface area contributed by atoms with Gasteiger partial charge in [0.2, 0.25) is 11.6 Å². The van der Waals surface area contributed by atoms with Crippen molar-refractivity contribution < 1.29 is 19.2 Å². The molecule has 0 fully saturated rings. The second-order valence-electron chi connectivity index (χ2n) is 6.71. The Bertz CT molecular complexity index is 1320. The highest BCUT2D eigenvalue weighted by molar-refractivity contribution is 6.04. The molecule has 4 heterocycles. The van der Waals surface area contributed by atoms with E-state index >= 15 is 0 Å². The van der Waals surface area contributed by atoms with Gasteiger partial charge in [0.25, 0.3) is 5.91 Å². The Balaban J connectivity index is 1.50. The second-order valence-corrected chi connectivity index (χ2v) is 6.71. The number of fused-ring (bicyclic) bond motifs is 1. The zero-order chi connectivity index (χ0) is 22.1. The van der Waals surface area contributed by atoms with Crippen molar-refractivity contribution in [1.82, 2.24) is 29.3 Å². The maximum absolute atomic E-state index is 12.6. The van der Waals surface area contributed by atoms with Gasteiger partial charge in [0.15, 0.2) is 0 Å². The number of aryl methyl sites for hydroxylation is 1. The molecule has 4 aromatic heterocycles. The molecule has 0 aliphatic carbocycles. The first-order valence-corrected chi connectivity index (χ1v) is 9.13. The Morgan fingerprint density at radius 1 is 1.06 bits per heavy atom. The number of rotatable bonds is 5. The molecule has 0 saturated carbocycles. The Labute approximate surface area is 175 Å². The van der Waals surface area contributed by atoms with Crippen LogP contribution >= 0.6 is 0 Å². The highest BCUT2D eigenvalue weighted by Crippen LogP contribution is 2.18. The first-order valence-electron chi connectivity index (χ1n) is 9.13. The Kier molecular flexibility index (Phi) is 4.95. The van der Waals surface area contributed by atoms with Crippen molar-refractivity contribution in [2.24, 2.45) is 14.1 Å². The maximum atomic E-state index is 12.6. The summed E-state index contributed by atoms with van der Waals surface area (Å²) in [6.07, 6.45) is 3.11. The van der Waals surface area contributed by atoms with Crippen LogP contribution in [0.2, 0.25) is 0 Å². The molecule has 0 bridgehead atoms. The maximum Gasteiger partial charge on any atom is 0.382 e. The topological polar surface area (TPSA) is 138 Å². The number of carbonyl (C=O) groups excluding carboxylic acids is 3. The fourth-order valence-electron chi connectivity index (χ4n) is 3.01. The number of amides is 2. The Morgan fingerprint density at radius 3 is 2.65 bits per heavy atom. The van der Waals surface area contributed by atoms with E-state index < -0.39 is 11.9 Å². The minimum Gasteiger partial charge on any atom is -0.343 e. The van der Waals surface area contributed by atoms with E-state index in [2.05, 4.69) is 25.9 Å². The van der Waals surface area contributed by atoms with Gasteiger partial charge in [0, 0.05) is 33.4 Å². The van der Waals surface area contributed by atoms with Crippen molar-refractivity contribution >= 4 is 40.5 Å². The quantitative estimate of drug-likeness (QED) is 0.457. The van der Waals surface area contributed by atoms with Gasteiger partial charge in [0.1, 0.15) is 22.7 Å². The van der Waals surface area contributed by atoms with E-state index in [0.717, 1.165) is 4.85 Å². The van der Waals surface area contributed by atoms with Crippen LogP contribution in [0.15, 0.2) is 42.7 Å². The minimum atomic E-state index is -0.702. The molecular formula is C19H18N8O4. The Hall–Kier alpha value is -4.48. The van der Waals surface area contributed by atoms with Crippen molar-refractivity contribution in [3.63, 3.8) is 0 Å². The molecule has 0 spiro atoms. The van der Waals surface area contributed by atoms with Crippen molar-refractivity contribution in [3.8, 4) is 0 Å². The monoisotopic (exact) mass is 422 g/mol. The minimum absolute atomic E-state index is 0.181. The van der Waals surface area contributed by atoms with Crippen LogP contribution in [0.1, 0.15) is 27.9 Å². The summed E-state index contributed by atoms with van der Waals surface area (Å²) in [5.74, 6) is -0.860. The van der Waals surface area contributed by atoms with Crippen LogP contribution in [0, 0.1) is 0 Å². The average molecular weight is 422 g/mol. The number of nitrogens with zero attached hydrogens (tertiary/aromatic N) is 6. The summed E-state index contributed by atoms with van der Waals surface area (Å²) in [6.45, 7) is 1.38. The summed E-state index contributed by atoms with van der Waals surface area (Å²) >= 11 is 0. The first kappa shape index (κ1) is 19.8. The van der Waals surface area contributed by atoms with E-state index in [0.29, 0.717) is 28.4 Å². The summed E-state index contributed by atoms with van der Waals surface area (Å²) in [5, 5.41) is 13.0. The molecule has 4 rings (SSSR count). The van der Waals surface area contributed by atoms with Gasteiger partial charge in [0.05, 0.1) is 5.69 Å². The number of hydrogen-bond acceptors (Lipinski definition) is 7.